The zero-order valence-corrected chi connectivity index (χ0v) is 9.86. The number of para-hydroxylation sites is 1. The molecule has 0 spiro atoms. The lowest BCUT2D eigenvalue weighted by Gasteiger charge is -2.21. The van der Waals surface area contributed by atoms with E-state index in [0.29, 0.717) is 5.78 Å². The maximum absolute atomic E-state index is 11.7. The van der Waals surface area contributed by atoms with Gasteiger partial charge in [0.15, 0.2) is 5.78 Å². The molecule has 1 fully saturated rings. The molecule has 1 aliphatic carbocycles. The van der Waals surface area contributed by atoms with Gasteiger partial charge in [-0.15, -0.1) is 0 Å². The first-order valence-electron chi connectivity index (χ1n) is 5.72. The van der Waals surface area contributed by atoms with Gasteiger partial charge in [-0.1, -0.05) is 18.2 Å². The van der Waals surface area contributed by atoms with Gasteiger partial charge < -0.3 is 4.90 Å². The standard InChI is InChI=1S/C14H17NO/c1-11(13-9-6-10-14(13)16)15(2)12-7-4-3-5-8-12/h3-5,7-8H,6,9-10H2,1-2H3. The molecule has 1 aromatic carbocycles. The highest BCUT2D eigenvalue weighted by Gasteiger charge is 2.21. The molecule has 0 bridgehead atoms. The Labute approximate surface area is 96.6 Å². The monoisotopic (exact) mass is 215 g/mol. The van der Waals surface area contributed by atoms with E-state index < -0.39 is 0 Å². The van der Waals surface area contributed by atoms with Crippen molar-refractivity contribution in [2.45, 2.75) is 26.2 Å². The zero-order valence-electron chi connectivity index (χ0n) is 9.86. The van der Waals surface area contributed by atoms with Crippen LogP contribution in [0.1, 0.15) is 26.2 Å². The molecule has 2 nitrogen and oxygen atoms in total. The number of carbonyl (C=O) groups is 1. The molecule has 84 valence electrons. The Kier molecular flexibility index (Phi) is 3.09. The van der Waals surface area contributed by atoms with Crippen LogP contribution in [0.3, 0.4) is 0 Å². The van der Waals surface area contributed by atoms with Gasteiger partial charge in [0.1, 0.15) is 0 Å². The van der Waals surface area contributed by atoms with Crippen LogP contribution in [0.15, 0.2) is 41.6 Å². The van der Waals surface area contributed by atoms with Gasteiger partial charge >= 0.3 is 0 Å². The van der Waals surface area contributed by atoms with Gasteiger partial charge in [-0.3, -0.25) is 4.79 Å². The molecule has 1 aliphatic rings. The smallest absolute Gasteiger partial charge is 0.160 e. The molecule has 2 heteroatoms. The first kappa shape index (κ1) is 10.9. The quantitative estimate of drug-likeness (QED) is 0.706. The van der Waals surface area contributed by atoms with Crippen LogP contribution in [0, 0.1) is 0 Å². The third-order valence-corrected chi connectivity index (χ3v) is 3.25. The van der Waals surface area contributed by atoms with Crippen molar-refractivity contribution < 1.29 is 4.79 Å². The summed E-state index contributed by atoms with van der Waals surface area (Å²) >= 11 is 0. The summed E-state index contributed by atoms with van der Waals surface area (Å²) in [5.41, 5.74) is 3.23. The SMILES string of the molecule is CC(=C1CCCC1=O)N(C)c1ccccc1. The van der Waals surface area contributed by atoms with Crippen LogP contribution < -0.4 is 4.90 Å². The van der Waals surface area contributed by atoms with E-state index in [4.69, 9.17) is 0 Å². The summed E-state index contributed by atoms with van der Waals surface area (Å²) in [7, 11) is 2.02. The van der Waals surface area contributed by atoms with Crippen molar-refractivity contribution in [3.05, 3.63) is 41.6 Å². The predicted octanol–water partition coefficient (Wildman–Crippen LogP) is 3.15. The average Bonchev–Trinajstić information content (AvgIpc) is 2.75. The summed E-state index contributed by atoms with van der Waals surface area (Å²) < 4.78 is 0. The van der Waals surface area contributed by atoms with Gasteiger partial charge in [0.2, 0.25) is 0 Å². The molecule has 0 unspecified atom stereocenters. The highest BCUT2D eigenvalue weighted by atomic mass is 16.1. The molecule has 2 rings (SSSR count). The Morgan fingerprint density at radius 1 is 1.19 bits per heavy atom. The summed E-state index contributed by atoms with van der Waals surface area (Å²) in [5.74, 6) is 0.320. The lowest BCUT2D eigenvalue weighted by Crippen LogP contribution is -2.17. The summed E-state index contributed by atoms with van der Waals surface area (Å²) in [4.78, 5) is 13.8. The summed E-state index contributed by atoms with van der Waals surface area (Å²) in [6.45, 7) is 2.03. The first-order valence-corrected chi connectivity index (χ1v) is 5.72. The summed E-state index contributed by atoms with van der Waals surface area (Å²) in [6.07, 6.45) is 2.66. The molecule has 0 saturated heterocycles. The van der Waals surface area contributed by atoms with Gasteiger partial charge in [0.25, 0.3) is 0 Å². The van der Waals surface area contributed by atoms with Crippen molar-refractivity contribution in [3.63, 3.8) is 0 Å². The number of ketones is 1. The minimum atomic E-state index is 0.320. The fourth-order valence-electron chi connectivity index (χ4n) is 2.15. The Bertz CT molecular complexity index is 420. The lowest BCUT2D eigenvalue weighted by atomic mass is 10.1. The molecule has 1 aromatic rings. The highest BCUT2D eigenvalue weighted by Crippen LogP contribution is 2.27. The molecule has 0 aromatic heterocycles. The molecule has 0 N–H and O–H groups in total. The molecule has 1 saturated carbocycles. The molecule has 0 heterocycles. The number of benzene rings is 1. The topological polar surface area (TPSA) is 20.3 Å². The molecule has 0 atom stereocenters. The molecular weight excluding hydrogens is 198 g/mol. The Morgan fingerprint density at radius 2 is 1.88 bits per heavy atom. The van der Waals surface area contributed by atoms with E-state index in [-0.39, 0.29) is 0 Å². The van der Waals surface area contributed by atoms with Crippen LogP contribution in [0.25, 0.3) is 0 Å². The summed E-state index contributed by atoms with van der Waals surface area (Å²) in [6, 6.07) is 10.1. The predicted molar refractivity (Wildman–Crippen MR) is 66.4 cm³/mol. The highest BCUT2D eigenvalue weighted by molar-refractivity contribution is 5.98. The van der Waals surface area contributed by atoms with Crippen molar-refractivity contribution in [1.29, 1.82) is 0 Å². The van der Waals surface area contributed by atoms with Crippen molar-refractivity contribution in [3.8, 4) is 0 Å². The van der Waals surface area contributed by atoms with Crippen LogP contribution in [-0.4, -0.2) is 12.8 Å². The molecular formula is C14H17NO. The second-order valence-electron chi connectivity index (χ2n) is 4.24. The summed E-state index contributed by atoms with van der Waals surface area (Å²) in [5, 5.41) is 0. The Morgan fingerprint density at radius 3 is 2.44 bits per heavy atom. The second kappa shape index (κ2) is 4.52. The van der Waals surface area contributed by atoms with E-state index in [9.17, 15) is 4.79 Å². The van der Waals surface area contributed by atoms with E-state index in [1.54, 1.807) is 0 Å². The van der Waals surface area contributed by atoms with Crippen molar-refractivity contribution >= 4 is 11.5 Å². The van der Waals surface area contributed by atoms with Crippen molar-refractivity contribution in [2.24, 2.45) is 0 Å². The van der Waals surface area contributed by atoms with Crippen LogP contribution in [0.5, 0.6) is 0 Å². The molecule has 0 aliphatic heterocycles. The van der Waals surface area contributed by atoms with Crippen LogP contribution in [0.2, 0.25) is 0 Å². The van der Waals surface area contributed by atoms with Crippen LogP contribution >= 0.6 is 0 Å². The van der Waals surface area contributed by atoms with E-state index in [1.807, 2.05) is 32.2 Å². The van der Waals surface area contributed by atoms with E-state index >= 15 is 0 Å². The fourth-order valence-corrected chi connectivity index (χ4v) is 2.15. The number of allylic oxidation sites excluding steroid dienone is 2. The second-order valence-corrected chi connectivity index (χ2v) is 4.24. The van der Waals surface area contributed by atoms with E-state index in [2.05, 4.69) is 17.0 Å². The maximum atomic E-state index is 11.7. The van der Waals surface area contributed by atoms with Gasteiger partial charge in [0.05, 0.1) is 0 Å². The largest absolute Gasteiger partial charge is 0.348 e. The lowest BCUT2D eigenvalue weighted by molar-refractivity contribution is -0.114. The normalized spacial score (nSPS) is 18.8. The first-order chi connectivity index (χ1) is 7.70. The van der Waals surface area contributed by atoms with Gasteiger partial charge in [-0.25, -0.2) is 0 Å². The number of carbonyl (C=O) groups excluding carboxylic acids is 1. The number of nitrogens with zero attached hydrogens (tertiary/aromatic N) is 1. The van der Waals surface area contributed by atoms with E-state index in [1.165, 1.54) is 0 Å². The van der Waals surface area contributed by atoms with Gasteiger partial charge in [-0.2, -0.15) is 0 Å². The Hall–Kier alpha value is -1.57. The van der Waals surface area contributed by atoms with Crippen LogP contribution in [-0.2, 0) is 4.79 Å². The fraction of sp³-hybridized carbons (Fsp3) is 0.357. The van der Waals surface area contributed by atoms with Gasteiger partial charge in [0, 0.05) is 30.4 Å². The minimum Gasteiger partial charge on any atom is -0.348 e. The molecule has 0 amide bonds. The molecule has 16 heavy (non-hydrogen) atoms. The van der Waals surface area contributed by atoms with Crippen LogP contribution in [0.4, 0.5) is 5.69 Å². The number of hydrogen-bond acceptors (Lipinski definition) is 2. The number of anilines is 1. The number of rotatable bonds is 2. The minimum absolute atomic E-state index is 0.320. The third-order valence-electron chi connectivity index (χ3n) is 3.25. The van der Waals surface area contributed by atoms with Crippen molar-refractivity contribution in [2.75, 3.05) is 11.9 Å². The Balaban J connectivity index is 2.29. The maximum Gasteiger partial charge on any atom is 0.160 e. The molecule has 0 radical (unpaired) electrons. The van der Waals surface area contributed by atoms with Gasteiger partial charge in [-0.05, 0) is 31.9 Å². The average molecular weight is 215 g/mol. The number of Topliss-reactive ketones (excluding diaryl/α,β-unsaturated/α-hetero) is 1. The zero-order chi connectivity index (χ0) is 11.5. The van der Waals surface area contributed by atoms with E-state index in [0.717, 1.165) is 36.2 Å². The van der Waals surface area contributed by atoms with Crippen molar-refractivity contribution in [1.82, 2.24) is 0 Å². The third kappa shape index (κ3) is 2.01. The number of hydrogen-bond donors (Lipinski definition) is 0.